The van der Waals surface area contributed by atoms with Crippen LogP contribution in [-0.4, -0.2) is 53.6 Å². The molecule has 24 heavy (non-hydrogen) atoms. The molecule has 1 atom stereocenters. The van der Waals surface area contributed by atoms with Crippen LogP contribution in [0.25, 0.3) is 0 Å². The van der Waals surface area contributed by atoms with E-state index < -0.39 is 0 Å². The van der Waals surface area contributed by atoms with Gasteiger partial charge in [0, 0.05) is 48.6 Å². The molecule has 1 aromatic carbocycles. The van der Waals surface area contributed by atoms with Crippen molar-refractivity contribution in [1.29, 1.82) is 0 Å². The summed E-state index contributed by atoms with van der Waals surface area (Å²) in [5, 5.41) is 9.72. The van der Waals surface area contributed by atoms with E-state index in [0.29, 0.717) is 36.6 Å². The Morgan fingerprint density at radius 1 is 1.29 bits per heavy atom. The molecule has 0 saturated carbocycles. The average Bonchev–Trinajstić information content (AvgIpc) is 2.55. The summed E-state index contributed by atoms with van der Waals surface area (Å²) in [6.07, 6.45) is 3.54. The molecule has 0 radical (unpaired) electrons. The van der Waals surface area contributed by atoms with Gasteiger partial charge in [-0.05, 0) is 44.0 Å². The second-order valence-corrected chi connectivity index (χ2v) is 7.53. The molecule has 2 aliphatic heterocycles. The van der Waals surface area contributed by atoms with E-state index in [1.54, 1.807) is 17.0 Å². The summed E-state index contributed by atoms with van der Waals surface area (Å²) in [6.45, 7) is 3.43. The Balaban J connectivity index is 1.69. The van der Waals surface area contributed by atoms with E-state index in [9.17, 15) is 9.18 Å². The Morgan fingerprint density at radius 3 is 2.92 bits per heavy atom. The third kappa shape index (κ3) is 3.90. The van der Waals surface area contributed by atoms with Crippen LogP contribution in [0.5, 0.6) is 0 Å². The second kappa shape index (κ2) is 7.38. The second-order valence-electron chi connectivity index (χ2n) is 7.09. The lowest BCUT2D eigenvalue weighted by Crippen LogP contribution is -2.54. The van der Waals surface area contributed by atoms with Crippen molar-refractivity contribution in [2.75, 3.05) is 32.8 Å². The summed E-state index contributed by atoms with van der Waals surface area (Å²) >= 11 is 5.99. The number of likely N-dealkylation sites (tertiary alicyclic amines) is 2. The van der Waals surface area contributed by atoms with Crippen LogP contribution in [-0.2, 0) is 11.3 Å². The number of aliphatic hydroxyl groups excluding tert-OH is 1. The molecule has 1 aromatic rings. The quantitative estimate of drug-likeness (QED) is 0.904. The number of aliphatic hydroxyl groups is 1. The molecule has 2 fully saturated rings. The van der Waals surface area contributed by atoms with Gasteiger partial charge in [0.25, 0.3) is 0 Å². The van der Waals surface area contributed by atoms with Gasteiger partial charge in [0.05, 0.1) is 6.61 Å². The Labute approximate surface area is 147 Å². The number of amides is 1. The summed E-state index contributed by atoms with van der Waals surface area (Å²) in [6, 6.07) is 4.68. The molecule has 1 spiro atoms. The molecular formula is C18H24ClFN2O2. The van der Waals surface area contributed by atoms with E-state index in [1.807, 2.05) is 0 Å². The predicted octanol–water partition coefficient (Wildman–Crippen LogP) is 2.68. The molecule has 1 amide bonds. The van der Waals surface area contributed by atoms with Gasteiger partial charge in [-0.25, -0.2) is 4.39 Å². The predicted molar refractivity (Wildman–Crippen MR) is 91.3 cm³/mol. The highest BCUT2D eigenvalue weighted by atomic mass is 35.5. The Kier molecular flexibility index (Phi) is 5.42. The van der Waals surface area contributed by atoms with Gasteiger partial charge in [-0.3, -0.25) is 9.69 Å². The van der Waals surface area contributed by atoms with Crippen LogP contribution in [0.2, 0.25) is 5.02 Å². The number of carbonyl (C=O) groups excluding carboxylic acids is 1. The van der Waals surface area contributed by atoms with Crippen molar-refractivity contribution in [1.82, 2.24) is 9.80 Å². The molecule has 2 heterocycles. The molecule has 1 N–H and O–H groups in total. The fourth-order valence-corrected chi connectivity index (χ4v) is 4.31. The van der Waals surface area contributed by atoms with Gasteiger partial charge in [0.2, 0.25) is 5.91 Å². The van der Waals surface area contributed by atoms with Crippen molar-refractivity contribution in [3.8, 4) is 0 Å². The van der Waals surface area contributed by atoms with E-state index in [0.717, 1.165) is 32.4 Å². The summed E-state index contributed by atoms with van der Waals surface area (Å²) in [5.74, 6) is -0.0903. The van der Waals surface area contributed by atoms with Crippen molar-refractivity contribution in [3.63, 3.8) is 0 Å². The number of halogens is 2. The minimum Gasteiger partial charge on any atom is -0.395 e. The minimum absolute atomic E-state index is 0.000734. The number of rotatable bonds is 4. The monoisotopic (exact) mass is 354 g/mol. The molecule has 6 heteroatoms. The first kappa shape index (κ1) is 17.6. The molecule has 0 aliphatic carbocycles. The normalized spacial score (nSPS) is 25.5. The molecule has 4 nitrogen and oxygen atoms in total. The largest absolute Gasteiger partial charge is 0.395 e. The lowest BCUT2D eigenvalue weighted by molar-refractivity contribution is -0.140. The van der Waals surface area contributed by atoms with Crippen molar-refractivity contribution < 1.29 is 14.3 Å². The summed E-state index contributed by atoms with van der Waals surface area (Å²) < 4.78 is 14.0. The van der Waals surface area contributed by atoms with E-state index in [-0.39, 0.29) is 23.7 Å². The van der Waals surface area contributed by atoms with Gasteiger partial charge in [-0.15, -0.1) is 0 Å². The zero-order valence-corrected chi connectivity index (χ0v) is 14.6. The standard InChI is InChI=1S/C18H24ClFN2O2/c19-15-2-3-16(20)14(10-15)11-21-7-1-5-18(12-21)6-4-17(24)22(13-18)8-9-23/h2-3,10,23H,1,4-9,11-13H2/t18-/m0/s1. The van der Waals surface area contributed by atoms with Crippen LogP contribution < -0.4 is 0 Å². The zero-order valence-electron chi connectivity index (χ0n) is 13.8. The van der Waals surface area contributed by atoms with Gasteiger partial charge in [-0.1, -0.05) is 11.6 Å². The number of nitrogens with zero attached hydrogens (tertiary/aromatic N) is 2. The molecule has 0 unspecified atom stereocenters. The Morgan fingerprint density at radius 2 is 2.12 bits per heavy atom. The highest BCUT2D eigenvalue weighted by Gasteiger charge is 2.41. The van der Waals surface area contributed by atoms with Crippen LogP contribution >= 0.6 is 11.6 Å². The fourth-order valence-electron chi connectivity index (χ4n) is 4.11. The van der Waals surface area contributed by atoms with Gasteiger partial charge in [0.15, 0.2) is 0 Å². The molecule has 2 aliphatic rings. The number of benzene rings is 1. The highest BCUT2D eigenvalue weighted by molar-refractivity contribution is 6.30. The highest BCUT2D eigenvalue weighted by Crippen LogP contribution is 2.39. The van der Waals surface area contributed by atoms with E-state index >= 15 is 0 Å². The summed E-state index contributed by atoms with van der Waals surface area (Å²) in [4.78, 5) is 16.1. The van der Waals surface area contributed by atoms with Crippen LogP contribution in [0.3, 0.4) is 0 Å². The first-order valence-corrected chi connectivity index (χ1v) is 8.94. The van der Waals surface area contributed by atoms with Gasteiger partial charge < -0.3 is 10.0 Å². The van der Waals surface area contributed by atoms with Gasteiger partial charge >= 0.3 is 0 Å². The summed E-state index contributed by atoms with van der Waals surface area (Å²) in [5.41, 5.74) is 0.690. The lowest BCUT2D eigenvalue weighted by atomic mass is 9.73. The molecular weight excluding hydrogens is 331 g/mol. The number of hydrogen-bond acceptors (Lipinski definition) is 3. The Hall–Kier alpha value is -1.17. The van der Waals surface area contributed by atoms with Crippen molar-refractivity contribution in [2.24, 2.45) is 5.41 Å². The smallest absolute Gasteiger partial charge is 0.222 e. The first-order chi connectivity index (χ1) is 11.5. The molecule has 0 aromatic heterocycles. The third-order valence-corrected chi connectivity index (χ3v) is 5.50. The number of hydrogen-bond donors (Lipinski definition) is 1. The van der Waals surface area contributed by atoms with E-state index in [4.69, 9.17) is 16.7 Å². The number of β-amino-alcohol motifs (C(OH)–C–C–N with tert-alkyl or cyclic N) is 1. The van der Waals surface area contributed by atoms with Crippen molar-refractivity contribution in [3.05, 3.63) is 34.6 Å². The van der Waals surface area contributed by atoms with Crippen LogP contribution in [0.1, 0.15) is 31.2 Å². The minimum atomic E-state index is -0.222. The summed E-state index contributed by atoms with van der Waals surface area (Å²) in [7, 11) is 0. The SMILES string of the molecule is O=C1CC[C@]2(CCCN(Cc3cc(Cl)ccc3F)C2)CN1CCO. The number of carbonyl (C=O) groups is 1. The van der Waals surface area contributed by atoms with Crippen LogP contribution in [0.15, 0.2) is 18.2 Å². The number of piperidine rings is 2. The van der Waals surface area contributed by atoms with Crippen LogP contribution in [0.4, 0.5) is 4.39 Å². The third-order valence-electron chi connectivity index (χ3n) is 5.26. The maximum Gasteiger partial charge on any atom is 0.222 e. The molecule has 2 saturated heterocycles. The van der Waals surface area contributed by atoms with Crippen molar-refractivity contribution >= 4 is 17.5 Å². The molecule has 0 bridgehead atoms. The van der Waals surface area contributed by atoms with Gasteiger partial charge in [0.1, 0.15) is 5.82 Å². The topological polar surface area (TPSA) is 43.8 Å². The van der Waals surface area contributed by atoms with Gasteiger partial charge in [-0.2, -0.15) is 0 Å². The maximum atomic E-state index is 14.0. The average molecular weight is 355 g/mol. The zero-order chi connectivity index (χ0) is 17.2. The molecule has 3 rings (SSSR count). The maximum absolute atomic E-state index is 14.0. The van der Waals surface area contributed by atoms with Crippen LogP contribution in [0, 0.1) is 11.2 Å². The van der Waals surface area contributed by atoms with E-state index in [1.165, 1.54) is 6.07 Å². The first-order valence-electron chi connectivity index (χ1n) is 8.56. The Bertz CT molecular complexity index is 613. The lowest BCUT2D eigenvalue weighted by Gasteiger charge is -2.48. The fraction of sp³-hybridized carbons (Fsp3) is 0.611. The van der Waals surface area contributed by atoms with E-state index in [2.05, 4.69) is 4.90 Å². The molecule has 132 valence electrons. The van der Waals surface area contributed by atoms with Crippen molar-refractivity contribution in [2.45, 2.75) is 32.2 Å².